The lowest BCUT2D eigenvalue weighted by Crippen LogP contribution is -2.46. The van der Waals surface area contributed by atoms with Crippen LogP contribution in [0.4, 0.5) is 0 Å². The Bertz CT molecular complexity index is 701. The summed E-state index contributed by atoms with van der Waals surface area (Å²) in [6.45, 7) is 2.37. The van der Waals surface area contributed by atoms with E-state index in [9.17, 15) is 4.79 Å². The Labute approximate surface area is 165 Å². The highest BCUT2D eigenvalue weighted by atomic mass is 35.5. The second-order valence-corrected chi connectivity index (χ2v) is 6.79. The zero-order chi connectivity index (χ0) is 17.5. The Morgan fingerprint density at radius 1 is 1.19 bits per heavy atom. The molecule has 1 fully saturated rings. The Morgan fingerprint density at radius 3 is 2.73 bits per heavy atom. The van der Waals surface area contributed by atoms with Crippen LogP contribution in [0.15, 0.2) is 48.5 Å². The molecule has 140 valence electrons. The highest BCUT2D eigenvalue weighted by molar-refractivity contribution is 6.30. The van der Waals surface area contributed by atoms with Crippen LogP contribution in [-0.2, 0) is 17.8 Å². The molecular formula is C20H24Cl2N2O2. The number of hydrogen-bond donors (Lipinski definition) is 2. The molecule has 0 aliphatic carbocycles. The summed E-state index contributed by atoms with van der Waals surface area (Å²) in [5, 5.41) is 7.11. The molecule has 0 aromatic heterocycles. The van der Waals surface area contributed by atoms with Crippen molar-refractivity contribution in [3.05, 3.63) is 64.7 Å². The Kier molecular flexibility index (Phi) is 8.23. The predicted molar refractivity (Wildman–Crippen MR) is 107 cm³/mol. The summed E-state index contributed by atoms with van der Waals surface area (Å²) < 4.78 is 5.82. The topological polar surface area (TPSA) is 50.4 Å². The first-order chi connectivity index (χ1) is 12.2. The monoisotopic (exact) mass is 394 g/mol. The zero-order valence-corrected chi connectivity index (χ0v) is 16.1. The third-order valence-electron chi connectivity index (χ3n) is 4.24. The Hall–Kier alpha value is -1.75. The van der Waals surface area contributed by atoms with Crippen LogP contribution in [0.1, 0.15) is 24.0 Å². The van der Waals surface area contributed by atoms with Gasteiger partial charge in [0, 0.05) is 17.6 Å². The number of nitrogens with one attached hydrogen (secondary N) is 2. The van der Waals surface area contributed by atoms with E-state index in [1.54, 1.807) is 0 Å². The molecule has 0 spiro atoms. The largest absolute Gasteiger partial charge is 0.489 e. The van der Waals surface area contributed by atoms with Crippen LogP contribution in [-0.4, -0.2) is 25.0 Å². The van der Waals surface area contributed by atoms with Gasteiger partial charge in [-0.1, -0.05) is 35.9 Å². The van der Waals surface area contributed by atoms with E-state index in [-0.39, 0.29) is 24.4 Å². The van der Waals surface area contributed by atoms with E-state index in [0.717, 1.165) is 42.8 Å². The zero-order valence-electron chi connectivity index (χ0n) is 14.5. The van der Waals surface area contributed by atoms with Crippen LogP contribution < -0.4 is 15.4 Å². The number of ether oxygens (including phenoxy) is 1. The minimum atomic E-state index is 0. The highest BCUT2D eigenvalue weighted by Gasteiger charge is 2.15. The van der Waals surface area contributed by atoms with Gasteiger partial charge in [-0.2, -0.15) is 0 Å². The standard InChI is InChI=1S/C20H23ClN2O2.ClH/c21-17-8-6-15(7-9-17)14-25-19-5-1-3-16(11-19)12-20(24)23-18-4-2-10-22-13-18;/h1,3,5-9,11,18,22H,2,4,10,12-14H2,(H,23,24);1H/t18-;/m0./s1. The summed E-state index contributed by atoms with van der Waals surface area (Å²) in [4.78, 5) is 12.2. The third kappa shape index (κ3) is 6.52. The third-order valence-corrected chi connectivity index (χ3v) is 4.50. The van der Waals surface area contributed by atoms with Gasteiger partial charge in [-0.3, -0.25) is 4.79 Å². The van der Waals surface area contributed by atoms with E-state index in [1.165, 1.54) is 0 Å². The first-order valence-electron chi connectivity index (χ1n) is 8.65. The van der Waals surface area contributed by atoms with Crippen molar-refractivity contribution in [3.63, 3.8) is 0 Å². The normalized spacial score (nSPS) is 16.4. The maximum Gasteiger partial charge on any atom is 0.224 e. The maximum absolute atomic E-state index is 12.2. The molecule has 1 amide bonds. The number of carbonyl (C=O) groups is 1. The van der Waals surface area contributed by atoms with E-state index >= 15 is 0 Å². The van der Waals surface area contributed by atoms with Gasteiger partial charge in [0.1, 0.15) is 12.4 Å². The summed E-state index contributed by atoms with van der Waals surface area (Å²) in [7, 11) is 0. The molecule has 2 aromatic rings. The fourth-order valence-corrected chi connectivity index (χ4v) is 3.06. The van der Waals surface area contributed by atoms with Crippen molar-refractivity contribution in [2.24, 2.45) is 0 Å². The Balaban J connectivity index is 0.00000243. The SMILES string of the molecule is Cl.O=C(Cc1cccc(OCc2ccc(Cl)cc2)c1)N[C@H]1CCCNC1. The molecule has 0 saturated carbocycles. The lowest BCUT2D eigenvalue weighted by molar-refractivity contribution is -0.121. The van der Waals surface area contributed by atoms with Crippen molar-refractivity contribution in [1.82, 2.24) is 10.6 Å². The van der Waals surface area contributed by atoms with Crippen LogP contribution >= 0.6 is 24.0 Å². The van der Waals surface area contributed by atoms with Crippen LogP contribution in [0.5, 0.6) is 5.75 Å². The number of carbonyl (C=O) groups excluding carboxylic acids is 1. The van der Waals surface area contributed by atoms with Gasteiger partial charge >= 0.3 is 0 Å². The first-order valence-corrected chi connectivity index (χ1v) is 9.03. The summed E-state index contributed by atoms with van der Waals surface area (Å²) in [6, 6.07) is 15.5. The average Bonchev–Trinajstić information content (AvgIpc) is 2.62. The van der Waals surface area contributed by atoms with Crippen molar-refractivity contribution in [2.45, 2.75) is 31.9 Å². The predicted octanol–water partition coefficient (Wildman–Crippen LogP) is 3.75. The molecule has 1 atom stereocenters. The van der Waals surface area contributed by atoms with E-state index in [2.05, 4.69) is 10.6 Å². The van der Waals surface area contributed by atoms with Crippen LogP contribution in [0, 0.1) is 0 Å². The van der Waals surface area contributed by atoms with Gasteiger partial charge in [-0.05, 0) is 54.8 Å². The fourth-order valence-electron chi connectivity index (χ4n) is 2.93. The van der Waals surface area contributed by atoms with Gasteiger partial charge in [0.15, 0.2) is 0 Å². The number of halogens is 2. The molecule has 1 aliphatic heterocycles. The number of hydrogen-bond acceptors (Lipinski definition) is 3. The summed E-state index contributed by atoms with van der Waals surface area (Å²) in [5.74, 6) is 0.822. The number of amides is 1. The van der Waals surface area contributed by atoms with E-state index in [4.69, 9.17) is 16.3 Å². The molecule has 26 heavy (non-hydrogen) atoms. The smallest absolute Gasteiger partial charge is 0.224 e. The summed E-state index contributed by atoms with van der Waals surface area (Å²) in [6.07, 6.45) is 2.52. The van der Waals surface area contributed by atoms with Crippen molar-refractivity contribution in [1.29, 1.82) is 0 Å². The number of rotatable bonds is 6. The number of benzene rings is 2. The molecule has 0 unspecified atom stereocenters. The maximum atomic E-state index is 12.2. The second-order valence-electron chi connectivity index (χ2n) is 6.35. The van der Waals surface area contributed by atoms with Crippen LogP contribution in [0.25, 0.3) is 0 Å². The van der Waals surface area contributed by atoms with Crippen molar-refractivity contribution in [3.8, 4) is 5.75 Å². The van der Waals surface area contributed by atoms with Crippen molar-refractivity contribution in [2.75, 3.05) is 13.1 Å². The first kappa shape index (κ1) is 20.6. The number of piperidine rings is 1. The van der Waals surface area contributed by atoms with E-state index < -0.39 is 0 Å². The molecule has 6 heteroatoms. The quantitative estimate of drug-likeness (QED) is 0.783. The lowest BCUT2D eigenvalue weighted by atomic mass is 10.1. The van der Waals surface area contributed by atoms with E-state index in [1.807, 2.05) is 48.5 Å². The molecule has 2 aromatic carbocycles. The van der Waals surface area contributed by atoms with Gasteiger partial charge in [0.25, 0.3) is 0 Å². The van der Waals surface area contributed by atoms with Crippen LogP contribution in [0.2, 0.25) is 5.02 Å². The highest BCUT2D eigenvalue weighted by Crippen LogP contribution is 2.17. The molecule has 3 rings (SSSR count). The minimum Gasteiger partial charge on any atom is -0.489 e. The van der Waals surface area contributed by atoms with Gasteiger partial charge in [0.2, 0.25) is 5.91 Å². The molecular weight excluding hydrogens is 371 g/mol. The molecule has 2 N–H and O–H groups in total. The lowest BCUT2D eigenvalue weighted by Gasteiger charge is -2.23. The van der Waals surface area contributed by atoms with Crippen molar-refractivity contribution >= 4 is 29.9 Å². The Morgan fingerprint density at radius 2 is 2.00 bits per heavy atom. The summed E-state index contributed by atoms with van der Waals surface area (Å²) >= 11 is 5.89. The van der Waals surface area contributed by atoms with Gasteiger partial charge < -0.3 is 15.4 Å². The van der Waals surface area contributed by atoms with Crippen molar-refractivity contribution < 1.29 is 9.53 Å². The van der Waals surface area contributed by atoms with Gasteiger partial charge in [-0.25, -0.2) is 0 Å². The van der Waals surface area contributed by atoms with E-state index in [0.29, 0.717) is 18.1 Å². The molecule has 1 saturated heterocycles. The molecule has 4 nitrogen and oxygen atoms in total. The molecule has 1 aliphatic rings. The van der Waals surface area contributed by atoms with Gasteiger partial charge in [0.05, 0.1) is 6.42 Å². The minimum absolute atomic E-state index is 0. The fraction of sp³-hybridized carbons (Fsp3) is 0.350. The van der Waals surface area contributed by atoms with Crippen LogP contribution in [0.3, 0.4) is 0 Å². The second kappa shape index (κ2) is 10.4. The molecule has 0 bridgehead atoms. The average molecular weight is 395 g/mol. The van der Waals surface area contributed by atoms with Gasteiger partial charge in [-0.15, -0.1) is 12.4 Å². The molecule has 1 heterocycles. The summed E-state index contributed by atoms with van der Waals surface area (Å²) in [5.41, 5.74) is 2.01. The molecule has 0 radical (unpaired) electrons.